The van der Waals surface area contributed by atoms with E-state index in [0.717, 1.165) is 0 Å². The van der Waals surface area contributed by atoms with Crippen LogP contribution in [-0.2, 0) is 17.1 Å². The summed E-state index contributed by atoms with van der Waals surface area (Å²) in [4.78, 5) is 10.8. The molecule has 0 fully saturated rings. The number of H-pyrrole nitrogens is 1. The number of aromatic nitrogens is 4. The van der Waals surface area contributed by atoms with Gasteiger partial charge in [-0.1, -0.05) is 6.92 Å². The number of aromatic amines is 1. The molecule has 18 heavy (non-hydrogen) atoms. The maximum atomic E-state index is 12.1. The van der Waals surface area contributed by atoms with E-state index >= 15 is 0 Å². The zero-order valence-electron chi connectivity index (χ0n) is 10.2. The molecule has 0 spiro atoms. The Bertz CT molecular complexity index is 602. The predicted octanol–water partition coefficient (Wildman–Crippen LogP) is 0.573. The van der Waals surface area contributed by atoms with Crippen LogP contribution in [0.4, 0.5) is 0 Å². The molecule has 0 saturated carbocycles. The molecule has 98 valence electrons. The molecule has 2 rings (SSSR count). The van der Waals surface area contributed by atoms with Crippen molar-refractivity contribution in [1.29, 1.82) is 0 Å². The molecule has 0 bridgehead atoms. The minimum Gasteiger partial charge on any atom is -0.347 e. The Labute approximate surface area is 105 Å². The van der Waals surface area contributed by atoms with Crippen LogP contribution < -0.4 is 4.72 Å². The van der Waals surface area contributed by atoms with Crippen LogP contribution in [-0.4, -0.2) is 27.9 Å². The van der Waals surface area contributed by atoms with Crippen LogP contribution in [0.25, 0.3) is 0 Å². The fourth-order valence-electron chi connectivity index (χ4n) is 1.58. The second-order valence-electron chi connectivity index (χ2n) is 3.93. The van der Waals surface area contributed by atoms with Crippen molar-refractivity contribution < 1.29 is 8.42 Å². The van der Waals surface area contributed by atoms with Gasteiger partial charge in [-0.3, -0.25) is 0 Å². The highest BCUT2D eigenvalue weighted by Gasteiger charge is 2.23. The van der Waals surface area contributed by atoms with Crippen molar-refractivity contribution in [3.63, 3.8) is 0 Å². The van der Waals surface area contributed by atoms with E-state index in [9.17, 15) is 8.42 Å². The Kier molecular flexibility index (Phi) is 3.48. The third kappa shape index (κ3) is 2.59. The topological polar surface area (TPSA) is 92.7 Å². The van der Waals surface area contributed by atoms with Gasteiger partial charge in [0.25, 0.3) is 10.0 Å². The molecule has 1 atom stereocenters. The highest BCUT2D eigenvalue weighted by Crippen LogP contribution is 2.15. The summed E-state index contributed by atoms with van der Waals surface area (Å²) < 4.78 is 28.3. The molecular formula is C10H15N5O2S. The predicted molar refractivity (Wildman–Crippen MR) is 65.1 cm³/mol. The van der Waals surface area contributed by atoms with Crippen LogP contribution in [0.2, 0.25) is 0 Å². The Morgan fingerprint density at radius 3 is 2.78 bits per heavy atom. The monoisotopic (exact) mass is 269 g/mol. The van der Waals surface area contributed by atoms with Gasteiger partial charge in [0, 0.05) is 25.6 Å². The summed E-state index contributed by atoms with van der Waals surface area (Å²) in [5.41, 5.74) is 0. The van der Waals surface area contributed by atoms with Crippen molar-refractivity contribution in [2.45, 2.75) is 24.4 Å². The van der Waals surface area contributed by atoms with E-state index in [4.69, 9.17) is 0 Å². The summed E-state index contributed by atoms with van der Waals surface area (Å²) in [5.74, 6) is 0.594. The van der Waals surface area contributed by atoms with Gasteiger partial charge < -0.3 is 9.55 Å². The van der Waals surface area contributed by atoms with Crippen LogP contribution in [0.1, 0.15) is 25.2 Å². The molecule has 0 aliphatic heterocycles. The summed E-state index contributed by atoms with van der Waals surface area (Å²) in [6.07, 6.45) is 6.75. The van der Waals surface area contributed by atoms with E-state index in [1.165, 1.54) is 12.5 Å². The number of sulfonamides is 1. The lowest BCUT2D eigenvalue weighted by molar-refractivity contribution is 0.537. The molecule has 2 aromatic heterocycles. The maximum absolute atomic E-state index is 12.1. The van der Waals surface area contributed by atoms with Gasteiger partial charge in [0.1, 0.15) is 5.82 Å². The van der Waals surface area contributed by atoms with E-state index < -0.39 is 10.0 Å². The SMILES string of the molecule is CCC(NS(=O)(=O)c1cn(C)cn1)c1ncc[nH]1. The highest BCUT2D eigenvalue weighted by molar-refractivity contribution is 7.89. The summed E-state index contributed by atoms with van der Waals surface area (Å²) >= 11 is 0. The van der Waals surface area contributed by atoms with Crippen LogP contribution in [0, 0.1) is 0 Å². The van der Waals surface area contributed by atoms with Crippen LogP contribution in [0.3, 0.4) is 0 Å². The number of hydrogen-bond acceptors (Lipinski definition) is 4. The number of nitrogens with zero attached hydrogens (tertiary/aromatic N) is 3. The summed E-state index contributed by atoms with van der Waals surface area (Å²) in [6.45, 7) is 1.88. The maximum Gasteiger partial charge on any atom is 0.260 e. The smallest absolute Gasteiger partial charge is 0.260 e. The first kappa shape index (κ1) is 12.8. The average molecular weight is 269 g/mol. The Morgan fingerprint density at radius 2 is 2.28 bits per heavy atom. The lowest BCUT2D eigenvalue weighted by atomic mass is 10.2. The second kappa shape index (κ2) is 4.91. The van der Waals surface area contributed by atoms with E-state index in [1.54, 1.807) is 24.0 Å². The first-order valence-corrected chi connectivity index (χ1v) is 7.01. The van der Waals surface area contributed by atoms with Crippen LogP contribution in [0.15, 0.2) is 29.9 Å². The highest BCUT2D eigenvalue weighted by atomic mass is 32.2. The lowest BCUT2D eigenvalue weighted by Gasteiger charge is -2.13. The molecule has 7 nitrogen and oxygen atoms in total. The number of imidazole rings is 2. The third-order valence-corrected chi connectivity index (χ3v) is 3.87. The first-order valence-electron chi connectivity index (χ1n) is 5.52. The van der Waals surface area contributed by atoms with E-state index in [-0.39, 0.29) is 11.1 Å². The summed E-state index contributed by atoms with van der Waals surface area (Å²) in [6, 6.07) is -0.382. The quantitative estimate of drug-likeness (QED) is 0.830. The van der Waals surface area contributed by atoms with E-state index in [1.807, 2.05) is 6.92 Å². The average Bonchev–Trinajstić information content (AvgIpc) is 2.96. The lowest BCUT2D eigenvalue weighted by Crippen LogP contribution is -2.29. The minimum absolute atomic E-state index is 0.00926. The fraction of sp³-hybridized carbons (Fsp3) is 0.400. The molecule has 0 saturated heterocycles. The minimum atomic E-state index is -3.62. The van der Waals surface area contributed by atoms with Gasteiger partial charge in [-0.25, -0.2) is 18.4 Å². The molecular weight excluding hydrogens is 254 g/mol. The molecule has 8 heteroatoms. The number of aryl methyl sites for hydroxylation is 1. The molecule has 2 N–H and O–H groups in total. The fourth-order valence-corrected chi connectivity index (χ4v) is 2.84. The standard InChI is InChI=1S/C10H15N5O2S/c1-3-8(10-11-4-5-12-10)14-18(16,17)9-6-15(2)7-13-9/h4-8,14H,3H2,1-2H3,(H,11,12). The second-order valence-corrected chi connectivity index (χ2v) is 5.59. The van der Waals surface area contributed by atoms with Crippen LogP contribution in [0.5, 0.6) is 0 Å². The zero-order chi connectivity index (χ0) is 13.2. The molecule has 0 amide bonds. The van der Waals surface area contributed by atoms with Crippen molar-refractivity contribution in [3.05, 3.63) is 30.7 Å². The van der Waals surface area contributed by atoms with Crippen molar-refractivity contribution in [2.24, 2.45) is 7.05 Å². The van der Waals surface area contributed by atoms with Gasteiger partial charge in [0.15, 0.2) is 5.03 Å². The Balaban J connectivity index is 2.22. The van der Waals surface area contributed by atoms with Crippen LogP contribution >= 0.6 is 0 Å². The largest absolute Gasteiger partial charge is 0.347 e. The molecule has 2 aromatic rings. The molecule has 0 aliphatic rings. The third-order valence-electron chi connectivity index (χ3n) is 2.51. The van der Waals surface area contributed by atoms with Crippen molar-refractivity contribution >= 4 is 10.0 Å². The van der Waals surface area contributed by atoms with Gasteiger partial charge in [-0.15, -0.1) is 0 Å². The van der Waals surface area contributed by atoms with Crippen molar-refractivity contribution in [1.82, 2.24) is 24.2 Å². The van der Waals surface area contributed by atoms with Gasteiger partial charge in [0.2, 0.25) is 0 Å². The Hall–Kier alpha value is -1.67. The first-order chi connectivity index (χ1) is 8.53. The van der Waals surface area contributed by atoms with Gasteiger partial charge in [-0.2, -0.15) is 4.72 Å². The molecule has 1 unspecified atom stereocenters. The normalized spacial score (nSPS) is 13.7. The van der Waals surface area contributed by atoms with Crippen molar-refractivity contribution in [3.8, 4) is 0 Å². The number of rotatable bonds is 5. The molecule has 0 aromatic carbocycles. The number of nitrogens with one attached hydrogen (secondary N) is 2. The summed E-state index contributed by atoms with van der Waals surface area (Å²) in [5, 5.41) is 0.00926. The zero-order valence-corrected chi connectivity index (χ0v) is 11.0. The van der Waals surface area contributed by atoms with Gasteiger partial charge in [-0.05, 0) is 6.42 Å². The van der Waals surface area contributed by atoms with Gasteiger partial charge in [0.05, 0.1) is 12.4 Å². The Morgan fingerprint density at radius 1 is 1.50 bits per heavy atom. The number of hydrogen-bond donors (Lipinski definition) is 2. The summed E-state index contributed by atoms with van der Waals surface area (Å²) in [7, 11) is -1.90. The molecule has 0 radical (unpaired) electrons. The molecule has 0 aliphatic carbocycles. The van der Waals surface area contributed by atoms with E-state index in [0.29, 0.717) is 12.2 Å². The van der Waals surface area contributed by atoms with E-state index in [2.05, 4.69) is 19.7 Å². The van der Waals surface area contributed by atoms with Crippen molar-refractivity contribution in [2.75, 3.05) is 0 Å². The molecule has 2 heterocycles. The van der Waals surface area contributed by atoms with Gasteiger partial charge >= 0.3 is 0 Å².